The molecule has 2 N–H and O–H groups in total. The summed E-state index contributed by atoms with van der Waals surface area (Å²) in [4.78, 5) is 32.9. The second-order valence-corrected chi connectivity index (χ2v) is 7.08. The number of unbranched alkanes of at least 4 members (excludes halogenated alkanes) is 3. The van der Waals surface area contributed by atoms with Crippen molar-refractivity contribution in [1.82, 2.24) is 4.90 Å². The highest BCUT2D eigenvalue weighted by Gasteiger charge is 2.18. The molecule has 0 heterocycles. The van der Waals surface area contributed by atoms with Crippen LogP contribution < -0.4 is 14.2 Å². The van der Waals surface area contributed by atoms with Gasteiger partial charge >= 0.3 is 17.9 Å². The minimum Gasteiger partial charge on any atom is -0.493 e. The molecule has 0 unspecified atom stereocenters. The number of alkyl halides is 1. The molecule has 0 aliphatic carbocycles. The maximum Gasteiger partial charge on any atom is 0.414 e. The van der Waals surface area contributed by atoms with Crippen molar-refractivity contribution >= 4 is 29.5 Å². The number of nitrogens with zero attached hydrogens (tertiary/aromatic N) is 1. The number of hydrogen-bond acceptors (Lipinski definition) is 8. The molecule has 0 bridgehead atoms. The van der Waals surface area contributed by atoms with Crippen LogP contribution in [-0.2, 0) is 14.3 Å². The molecule has 0 saturated heterocycles. The smallest absolute Gasteiger partial charge is 0.414 e. The third-order valence-electron chi connectivity index (χ3n) is 4.53. The van der Waals surface area contributed by atoms with Gasteiger partial charge in [-0.2, -0.15) is 0 Å². The van der Waals surface area contributed by atoms with Gasteiger partial charge in [0.25, 0.3) is 0 Å². The van der Waals surface area contributed by atoms with Gasteiger partial charge in [0.05, 0.1) is 26.9 Å². The first-order valence-electron chi connectivity index (χ1n) is 10.5. The van der Waals surface area contributed by atoms with Gasteiger partial charge in [-0.25, -0.2) is 14.4 Å². The molecule has 0 amide bonds. The first-order chi connectivity index (χ1) is 15.7. The fraction of sp³-hybridized carbons (Fsp3) is 0.591. The summed E-state index contributed by atoms with van der Waals surface area (Å²) in [6.45, 7) is 5.09. The van der Waals surface area contributed by atoms with Crippen LogP contribution in [0.15, 0.2) is 12.1 Å². The van der Waals surface area contributed by atoms with Crippen molar-refractivity contribution in [3.63, 3.8) is 0 Å². The Bertz CT molecular complexity index is 706. The van der Waals surface area contributed by atoms with Gasteiger partial charge in [-0.1, -0.05) is 19.8 Å². The number of carboxylic acid groups (broad SMARTS) is 2. The van der Waals surface area contributed by atoms with E-state index >= 15 is 0 Å². The van der Waals surface area contributed by atoms with Crippen LogP contribution in [0, 0.1) is 0 Å². The molecule has 11 heteroatoms. The summed E-state index contributed by atoms with van der Waals surface area (Å²) in [5.74, 6) is -2.03. The number of carbonyl (C=O) groups excluding carboxylic acids is 1. The fourth-order valence-corrected chi connectivity index (χ4v) is 2.95. The zero-order valence-electron chi connectivity index (χ0n) is 19.6. The summed E-state index contributed by atoms with van der Waals surface area (Å²) in [5, 5.41) is 14.8. The number of likely N-dealkylation sites (N-methyl/N-ethyl adjacent to an activating group) is 1. The second kappa shape index (κ2) is 17.8. The van der Waals surface area contributed by atoms with E-state index < -0.39 is 17.9 Å². The number of hydrogen-bond donors (Lipinski definition) is 2. The van der Waals surface area contributed by atoms with Crippen molar-refractivity contribution < 1.29 is 43.5 Å². The lowest BCUT2D eigenvalue weighted by Gasteiger charge is -2.20. The van der Waals surface area contributed by atoms with E-state index in [9.17, 15) is 4.79 Å². The van der Waals surface area contributed by atoms with Gasteiger partial charge in [-0.05, 0) is 38.1 Å². The Balaban J connectivity index is 0.00000150. The van der Waals surface area contributed by atoms with Gasteiger partial charge in [0.1, 0.15) is 6.61 Å². The number of halogens is 1. The highest BCUT2D eigenvalue weighted by Crippen LogP contribution is 2.38. The molecule has 0 aliphatic heterocycles. The minimum atomic E-state index is -1.82. The number of rotatable bonds is 14. The Kier molecular flexibility index (Phi) is 16.3. The van der Waals surface area contributed by atoms with Crippen molar-refractivity contribution in [1.29, 1.82) is 0 Å². The molecule has 0 aliphatic rings. The summed E-state index contributed by atoms with van der Waals surface area (Å²) in [7, 11) is 4.55. The monoisotopic (exact) mass is 491 g/mol. The molecule has 1 rings (SSSR count). The van der Waals surface area contributed by atoms with Crippen molar-refractivity contribution in [3.8, 4) is 17.2 Å². The predicted molar refractivity (Wildman–Crippen MR) is 123 cm³/mol. The summed E-state index contributed by atoms with van der Waals surface area (Å²) in [6.07, 6.45) is 4.54. The average molecular weight is 492 g/mol. The lowest BCUT2D eigenvalue weighted by Crippen LogP contribution is -2.29. The van der Waals surface area contributed by atoms with Gasteiger partial charge in [-0.15, -0.1) is 11.6 Å². The Morgan fingerprint density at radius 1 is 0.879 bits per heavy atom. The standard InChI is InChI=1S/C20H32ClNO5.C2H2O4/c1-5-22(11-9-7-6-8-10-21)12-13-27-20(23)16-14-17(24-2)19(26-4)18(15-16)25-3;3-1(4)2(5)6/h14-15H,5-13H2,1-4H3;(H,3,4)(H,5,6). The van der Waals surface area contributed by atoms with Gasteiger partial charge in [-0.3, -0.25) is 0 Å². The number of esters is 1. The second-order valence-electron chi connectivity index (χ2n) is 6.70. The van der Waals surface area contributed by atoms with Gasteiger partial charge in [0.2, 0.25) is 5.75 Å². The quantitative estimate of drug-likeness (QED) is 0.173. The molecule has 1 aromatic rings. The highest BCUT2D eigenvalue weighted by atomic mass is 35.5. The number of ether oxygens (including phenoxy) is 4. The molecule has 0 spiro atoms. The summed E-state index contributed by atoms with van der Waals surface area (Å²) in [5.41, 5.74) is 0.369. The molecule has 33 heavy (non-hydrogen) atoms. The molecular weight excluding hydrogens is 458 g/mol. The van der Waals surface area contributed by atoms with Crippen molar-refractivity contribution in [2.75, 3.05) is 53.5 Å². The van der Waals surface area contributed by atoms with Crippen LogP contribution in [0.5, 0.6) is 17.2 Å². The Labute approximate surface area is 199 Å². The molecule has 10 nitrogen and oxygen atoms in total. The zero-order valence-corrected chi connectivity index (χ0v) is 20.4. The summed E-state index contributed by atoms with van der Waals surface area (Å²) < 4.78 is 21.2. The fourth-order valence-electron chi connectivity index (χ4n) is 2.76. The van der Waals surface area contributed by atoms with Crippen LogP contribution in [0.3, 0.4) is 0 Å². The Hall–Kier alpha value is -2.72. The third-order valence-corrected chi connectivity index (χ3v) is 4.80. The van der Waals surface area contributed by atoms with Crippen LogP contribution in [0.1, 0.15) is 43.0 Å². The van der Waals surface area contributed by atoms with Gasteiger partial charge in [0, 0.05) is 12.4 Å². The number of benzene rings is 1. The first kappa shape index (κ1) is 30.3. The molecule has 0 radical (unpaired) electrons. The topological polar surface area (TPSA) is 132 Å². The molecule has 0 fully saturated rings. The zero-order chi connectivity index (χ0) is 25.2. The third kappa shape index (κ3) is 12.2. The summed E-state index contributed by atoms with van der Waals surface area (Å²) >= 11 is 5.69. The molecule has 0 atom stereocenters. The SMILES string of the molecule is CCN(CCCCCCCl)CCOC(=O)c1cc(OC)c(OC)c(OC)c1.O=C(O)C(=O)O. The lowest BCUT2D eigenvalue weighted by atomic mass is 10.2. The molecule has 0 aromatic heterocycles. The Morgan fingerprint density at radius 3 is 1.85 bits per heavy atom. The number of methoxy groups -OCH3 is 3. The van der Waals surface area contributed by atoms with E-state index in [4.69, 9.17) is 50.4 Å². The molecule has 0 saturated carbocycles. The van der Waals surface area contributed by atoms with Crippen molar-refractivity contribution in [2.24, 2.45) is 0 Å². The van der Waals surface area contributed by atoms with Crippen LogP contribution in [0.4, 0.5) is 0 Å². The van der Waals surface area contributed by atoms with Crippen LogP contribution in [0.25, 0.3) is 0 Å². The van der Waals surface area contributed by atoms with E-state index in [1.54, 1.807) is 12.1 Å². The van der Waals surface area contributed by atoms with Crippen molar-refractivity contribution in [3.05, 3.63) is 17.7 Å². The minimum absolute atomic E-state index is 0.338. The average Bonchev–Trinajstić information content (AvgIpc) is 2.81. The Morgan fingerprint density at radius 2 is 1.42 bits per heavy atom. The van der Waals surface area contributed by atoms with Crippen LogP contribution in [-0.4, -0.2) is 86.5 Å². The van der Waals surface area contributed by atoms with Gasteiger partial charge < -0.3 is 34.1 Å². The van der Waals surface area contributed by atoms with Gasteiger partial charge in [0.15, 0.2) is 11.5 Å². The van der Waals surface area contributed by atoms with E-state index in [1.807, 2.05) is 0 Å². The van der Waals surface area contributed by atoms with Crippen LogP contribution >= 0.6 is 11.6 Å². The van der Waals surface area contributed by atoms with E-state index in [2.05, 4.69) is 11.8 Å². The number of carbonyl (C=O) groups is 3. The molecule has 188 valence electrons. The predicted octanol–water partition coefficient (Wildman–Crippen LogP) is 3.15. The van der Waals surface area contributed by atoms with Crippen molar-refractivity contribution in [2.45, 2.75) is 32.6 Å². The normalized spacial score (nSPS) is 10.1. The number of carboxylic acids is 2. The summed E-state index contributed by atoms with van der Waals surface area (Å²) in [6, 6.07) is 3.19. The van der Waals surface area contributed by atoms with E-state index in [1.165, 1.54) is 27.8 Å². The van der Waals surface area contributed by atoms with E-state index in [0.717, 1.165) is 38.2 Å². The van der Waals surface area contributed by atoms with Crippen LogP contribution in [0.2, 0.25) is 0 Å². The van der Waals surface area contributed by atoms with E-state index in [-0.39, 0.29) is 0 Å². The maximum atomic E-state index is 12.4. The maximum absolute atomic E-state index is 12.4. The number of aliphatic carboxylic acids is 2. The lowest BCUT2D eigenvalue weighted by molar-refractivity contribution is -0.159. The largest absolute Gasteiger partial charge is 0.493 e. The van der Waals surface area contributed by atoms with E-state index in [0.29, 0.717) is 36.0 Å². The molecule has 1 aromatic carbocycles. The molecular formula is C22H34ClNO9. The highest BCUT2D eigenvalue weighted by molar-refractivity contribution is 6.27. The first-order valence-corrected chi connectivity index (χ1v) is 11.0.